The summed E-state index contributed by atoms with van der Waals surface area (Å²) in [5.74, 6) is 0. The predicted octanol–water partition coefficient (Wildman–Crippen LogP) is 4.61. The summed E-state index contributed by atoms with van der Waals surface area (Å²) in [5.41, 5.74) is 4.81. The van der Waals surface area contributed by atoms with Crippen molar-refractivity contribution < 1.29 is 4.79 Å². The lowest BCUT2D eigenvalue weighted by molar-refractivity contribution is 0.262. The largest absolute Gasteiger partial charge is 0.323 e. The van der Waals surface area contributed by atoms with Gasteiger partial charge in [0.25, 0.3) is 0 Å². The molecule has 2 aromatic carbocycles. The van der Waals surface area contributed by atoms with Crippen molar-refractivity contribution >= 4 is 40.2 Å². The van der Waals surface area contributed by atoms with E-state index in [1.54, 1.807) is 11.8 Å². The molecular weight excluding hydrogens is 320 g/mol. The molecule has 122 valence electrons. The summed E-state index contributed by atoms with van der Waals surface area (Å²) in [7, 11) is 0. The maximum atomic E-state index is 12.2. The summed E-state index contributed by atoms with van der Waals surface area (Å²) < 4.78 is 0. The van der Waals surface area contributed by atoms with Gasteiger partial charge in [-0.15, -0.1) is 11.8 Å². The molecule has 0 saturated heterocycles. The number of aromatic nitrogens is 2. The number of carbonyl (C=O) groups excluding carboxylic acids is 1. The molecule has 5 nitrogen and oxygen atoms in total. The van der Waals surface area contributed by atoms with Crippen molar-refractivity contribution in [3.63, 3.8) is 0 Å². The van der Waals surface area contributed by atoms with Crippen molar-refractivity contribution in [1.29, 1.82) is 0 Å². The highest BCUT2D eigenvalue weighted by Gasteiger charge is 2.06. The van der Waals surface area contributed by atoms with Crippen molar-refractivity contribution in [2.24, 2.45) is 0 Å². The van der Waals surface area contributed by atoms with Gasteiger partial charge in [-0.05, 0) is 56.5 Å². The minimum absolute atomic E-state index is 0.288. The molecule has 1 heterocycles. The van der Waals surface area contributed by atoms with Crippen LogP contribution in [-0.2, 0) is 0 Å². The molecule has 0 aliphatic carbocycles. The lowest BCUT2D eigenvalue weighted by atomic mass is 10.2. The minimum Gasteiger partial charge on any atom is -0.308 e. The summed E-state index contributed by atoms with van der Waals surface area (Å²) >= 11 is 1.63. The number of amides is 2. The number of thioether (sulfide) groups is 1. The van der Waals surface area contributed by atoms with Gasteiger partial charge < -0.3 is 10.6 Å². The van der Waals surface area contributed by atoms with Crippen molar-refractivity contribution in [1.82, 2.24) is 9.97 Å². The fourth-order valence-corrected chi connectivity index (χ4v) is 2.76. The number of urea groups is 1. The first-order chi connectivity index (χ1) is 11.5. The van der Waals surface area contributed by atoms with E-state index in [1.165, 1.54) is 0 Å². The van der Waals surface area contributed by atoms with Crippen LogP contribution in [0.4, 0.5) is 16.2 Å². The molecule has 6 heteroatoms. The highest BCUT2D eigenvalue weighted by Crippen LogP contribution is 2.20. The van der Waals surface area contributed by atoms with E-state index in [-0.39, 0.29) is 6.03 Å². The average molecular weight is 338 g/mol. The number of hydrogen-bond acceptors (Lipinski definition) is 4. The van der Waals surface area contributed by atoms with Crippen molar-refractivity contribution in [3.8, 4) is 0 Å². The molecule has 0 radical (unpaired) electrons. The van der Waals surface area contributed by atoms with Crippen LogP contribution in [0.2, 0.25) is 0 Å². The normalized spacial score (nSPS) is 10.6. The van der Waals surface area contributed by atoms with Crippen molar-refractivity contribution in [2.45, 2.75) is 18.7 Å². The molecular formula is C18H18N4OS. The first-order valence-electron chi connectivity index (χ1n) is 7.52. The molecule has 3 aromatic rings. The second-order valence-corrected chi connectivity index (χ2v) is 6.29. The Kier molecular flexibility index (Phi) is 4.66. The summed E-state index contributed by atoms with van der Waals surface area (Å²) in [6.45, 7) is 3.86. The molecule has 2 amide bonds. The summed E-state index contributed by atoms with van der Waals surface area (Å²) in [5, 5.41) is 5.66. The van der Waals surface area contributed by atoms with Crippen LogP contribution in [0.1, 0.15) is 11.4 Å². The third-order valence-electron chi connectivity index (χ3n) is 3.66. The molecule has 1 aromatic heterocycles. The lowest BCUT2D eigenvalue weighted by Gasteiger charge is -2.09. The average Bonchev–Trinajstić information content (AvgIpc) is 2.56. The first kappa shape index (κ1) is 16.3. The topological polar surface area (TPSA) is 66.9 Å². The van der Waals surface area contributed by atoms with Gasteiger partial charge in [-0.2, -0.15) is 0 Å². The molecule has 3 rings (SSSR count). The Labute approximate surface area is 144 Å². The zero-order valence-electron chi connectivity index (χ0n) is 13.8. The molecule has 0 unspecified atom stereocenters. The number of nitrogens with one attached hydrogen (secondary N) is 2. The highest BCUT2D eigenvalue weighted by atomic mass is 32.2. The Balaban J connectivity index is 1.76. The molecule has 0 fully saturated rings. The SMILES string of the molecule is CSc1cccc(NC(=O)Nc2ccc3nc(C)c(C)nc3c2)c1. The van der Waals surface area contributed by atoms with Gasteiger partial charge in [-0.1, -0.05) is 6.07 Å². The molecule has 0 aliphatic rings. The third-order valence-corrected chi connectivity index (χ3v) is 4.39. The van der Waals surface area contributed by atoms with E-state index >= 15 is 0 Å². The number of benzene rings is 2. The van der Waals surface area contributed by atoms with Crippen LogP contribution >= 0.6 is 11.8 Å². The summed E-state index contributed by atoms with van der Waals surface area (Å²) in [6, 6.07) is 12.9. The van der Waals surface area contributed by atoms with Gasteiger partial charge in [0.15, 0.2) is 0 Å². The fourth-order valence-electron chi connectivity index (χ4n) is 2.30. The summed E-state index contributed by atoms with van der Waals surface area (Å²) in [6.07, 6.45) is 2.00. The zero-order chi connectivity index (χ0) is 17.1. The van der Waals surface area contributed by atoms with Crippen LogP contribution in [0.5, 0.6) is 0 Å². The molecule has 0 atom stereocenters. The van der Waals surface area contributed by atoms with Crippen molar-refractivity contribution in [2.75, 3.05) is 16.9 Å². The van der Waals surface area contributed by atoms with E-state index in [0.29, 0.717) is 5.69 Å². The van der Waals surface area contributed by atoms with Crippen LogP contribution in [0.25, 0.3) is 11.0 Å². The van der Waals surface area contributed by atoms with Gasteiger partial charge in [0, 0.05) is 16.3 Å². The van der Waals surface area contributed by atoms with E-state index in [2.05, 4.69) is 20.6 Å². The van der Waals surface area contributed by atoms with E-state index in [0.717, 1.165) is 33.0 Å². The maximum Gasteiger partial charge on any atom is 0.323 e. The molecule has 0 spiro atoms. The molecule has 24 heavy (non-hydrogen) atoms. The van der Waals surface area contributed by atoms with Gasteiger partial charge >= 0.3 is 6.03 Å². The minimum atomic E-state index is -0.288. The number of carbonyl (C=O) groups is 1. The van der Waals surface area contributed by atoms with Gasteiger partial charge in [0.05, 0.1) is 22.4 Å². The van der Waals surface area contributed by atoms with Crippen LogP contribution in [0.3, 0.4) is 0 Å². The molecule has 0 aliphatic heterocycles. The second kappa shape index (κ2) is 6.88. The van der Waals surface area contributed by atoms with Crippen LogP contribution in [0.15, 0.2) is 47.4 Å². The van der Waals surface area contributed by atoms with Gasteiger partial charge in [0.2, 0.25) is 0 Å². The number of aryl methyl sites for hydroxylation is 2. The fraction of sp³-hybridized carbons (Fsp3) is 0.167. The van der Waals surface area contributed by atoms with Crippen LogP contribution in [0, 0.1) is 13.8 Å². The maximum absolute atomic E-state index is 12.2. The number of rotatable bonds is 3. The van der Waals surface area contributed by atoms with Gasteiger partial charge in [-0.25, -0.2) is 14.8 Å². The Morgan fingerprint density at radius 3 is 2.29 bits per heavy atom. The van der Waals surface area contributed by atoms with E-state index in [9.17, 15) is 4.79 Å². The number of fused-ring (bicyclic) bond motifs is 1. The van der Waals surface area contributed by atoms with Crippen LogP contribution < -0.4 is 10.6 Å². The monoisotopic (exact) mass is 338 g/mol. The molecule has 0 bridgehead atoms. The van der Waals surface area contributed by atoms with E-state index < -0.39 is 0 Å². The highest BCUT2D eigenvalue weighted by molar-refractivity contribution is 7.98. The Hall–Kier alpha value is -2.60. The number of hydrogen-bond donors (Lipinski definition) is 2. The Morgan fingerprint density at radius 1 is 0.917 bits per heavy atom. The van der Waals surface area contributed by atoms with E-state index in [4.69, 9.17) is 0 Å². The van der Waals surface area contributed by atoms with E-state index in [1.807, 2.05) is 62.6 Å². The number of anilines is 2. The first-order valence-corrected chi connectivity index (χ1v) is 8.75. The van der Waals surface area contributed by atoms with Gasteiger partial charge in [-0.3, -0.25) is 0 Å². The quantitative estimate of drug-likeness (QED) is 0.684. The third kappa shape index (κ3) is 3.65. The Morgan fingerprint density at radius 2 is 1.58 bits per heavy atom. The predicted molar refractivity (Wildman–Crippen MR) is 99.9 cm³/mol. The zero-order valence-corrected chi connectivity index (χ0v) is 14.6. The van der Waals surface area contributed by atoms with Gasteiger partial charge in [0.1, 0.15) is 0 Å². The lowest BCUT2D eigenvalue weighted by Crippen LogP contribution is -2.19. The smallest absolute Gasteiger partial charge is 0.308 e. The molecule has 0 saturated carbocycles. The standard InChI is InChI=1S/C18H18N4OS/c1-11-12(2)20-17-10-14(7-8-16(17)19-11)22-18(23)21-13-5-4-6-15(9-13)24-3/h4-10H,1-3H3,(H2,21,22,23). The second-order valence-electron chi connectivity index (χ2n) is 5.41. The Bertz CT molecular complexity index is 911. The summed E-state index contributed by atoms with van der Waals surface area (Å²) in [4.78, 5) is 22.3. The molecule has 2 N–H and O–H groups in total. The van der Waals surface area contributed by atoms with Crippen LogP contribution in [-0.4, -0.2) is 22.3 Å². The number of nitrogens with zero attached hydrogens (tertiary/aromatic N) is 2. The van der Waals surface area contributed by atoms with Crippen molar-refractivity contribution in [3.05, 3.63) is 53.9 Å².